The van der Waals surface area contributed by atoms with Gasteiger partial charge in [-0.3, -0.25) is 0 Å². The average Bonchev–Trinajstić information content (AvgIpc) is 2.84. The molecule has 1 aliphatic heterocycles. The van der Waals surface area contributed by atoms with Crippen LogP contribution in [0.5, 0.6) is 5.75 Å². The van der Waals surface area contributed by atoms with Gasteiger partial charge in [-0.2, -0.15) is 9.57 Å². The Balaban J connectivity index is 1.47. The molecule has 0 unspecified atom stereocenters. The molecule has 1 fully saturated rings. The van der Waals surface area contributed by atoms with Gasteiger partial charge in [-0.05, 0) is 41.0 Å². The molecule has 0 spiro atoms. The molecule has 1 aliphatic rings. The van der Waals surface area contributed by atoms with E-state index in [1.165, 1.54) is 10.6 Å². The maximum absolute atomic E-state index is 11.5. The van der Waals surface area contributed by atoms with Crippen LogP contribution in [0, 0.1) is 11.3 Å². The van der Waals surface area contributed by atoms with Crippen LogP contribution in [-0.4, -0.2) is 55.6 Å². The van der Waals surface area contributed by atoms with Gasteiger partial charge >= 0.3 is 0 Å². The van der Waals surface area contributed by atoms with Crippen molar-refractivity contribution in [2.45, 2.75) is 25.3 Å². The van der Waals surface area contributed by atoms with Crippen LogP contribution in [-0.2, 0) is 15.4 Å². The lowest BCUT2D eigenvalue weighted by molar-refractivity contribution is 0.282. The number of nitriles is 1. The number of hydrogen-bond acceptors (Lipinski definition) is 6. The van der Waals surface area contributed by atoms with Crippen molar-refractivity contribution in [1.29, 1.82) is 5.26 Å². The van der Waals surface area contributed by atoms with Gasteiger partial charge in [0.1, 0.15) is 18.5 Å². The molecule has 0 atom stereocenters. The standard InChI is InChI=1S/C27H28Cl2N4O3S/c1-27(2,22-12-20(14-30)26(24(29)13-22)36-11-10-28)21-7-4-18(5-8-21)19-6-9-25(31-15-19)32-23-16-33(17-23)37(3,34)35/h4-9,12-13,15,23H,10-11,16-17H2,1-3H3,(H,31,32). The van der Waals surface area contributed by atoms with Gasteiger partial charge in [0.05, 0.1) is 28.8 Å². The molecule has 7 nitrogen and oxygen atoms in total. The number of halogens is 2. The number of hydrogen-bond donors (Lipinski definition) is 1. The normalized spacial score (nSPS) is 14.6. The monoisotopic (exact) mass is 558 g/mol. The van der Waals surface area contributed by atoms with Gasteiger partial charge in [-0.1, -0.05) is 49.7 Å². The Labute approximate surface area is 228 Å². The van der Waals surface area contributed by atoms with E-state index in [1.807, 2.05) is 36.4 Å². The number of nitrogens with one attached hydrogen (secondary N) is 1. The number of nitrogens with zero attached hydrogens (tertiary/aromatic N) is 3. The van der Waals surface area contributed by atoms with Crippen LogP contribution in [0.2, 0.25) is 5.02 Å². The Morgan fingerprint density at radius 2 is 1.81 bits per heavy atom. The van der Waals surface area contributed by atoms with E-state index in [2.05, 4.69) is 42.4 Å². The second kappa shape index (κ2) is 10.9. The van der Waals surface area contributed by atoms with Crippen molar-refractivity contribution in [2.75, 3.05) is 37.1 Å². The highest BCUT2D eigenvalue weighted by Gasteiger charge is 2.33. The summed E-state index contributed by atoms with van der Waals surface area (Å²) in [5.74, 6) is 1.37. The Morgan fingerprint density at radius 1 is 1.14 bits per heavy atom. The minimum absolute atomic E-state index is 0.0607. The van der Waals surface area contributed by atoms with Gasteiger partial charge in [0.25, 0.3) is 0 Å². The van der Waals surface area contributed by atoms with Crippen LogP contribution in [0.25, 0.3) is 11.1 Å². The third-order valence-electron chi connectivity index (χ3n) is 6.58. The predicted octanol–water partition coefficient (Wildman–Crippen LogP) is 5.27. The topological polar surface area (TPSA) is 95.3 Å². The molecule has 2 aromatic carbocycles. The first-order valence-electron chi connectivity index (χ1n) is 11.7. The van der Waals surface area contributed by atoms with Crippen LogP contribution in [0.1, 0.15) is 30.5 Å². The van der Waals surface area contributed by atoms with E-state index >= 15 is 0 Å². The quantitative estimate of drug-likeness (QED) is 0.359. The van der Waals surface area contributed by atoms with E-state index in [0.29, 0.717) is 41.1 Å². The van der Waals surface area contributed by atoms with Crippen molar-refractivity contribution in [3.8, 4) is 22.9 Å². The summed E-state index contributed by atoms with van der Waals surface area (Å²) in [6.45, 7) is 5.34. The zero-order valence-electron chi connectivity index (χ0n) is 20.8. The molecule has 3 aromatic rings. The zero-order chi connectivity index (χ0) is 26.8. The van der Waals surface area contributed by atoms with Crippen molar-refractivity contribution in [1.82, 2.24) is 9.29 Å². The third kappa shape index (κ3) is 6.02. The third-order valence-corrected chi connectivity index (χ3v) is 8.25. The highest BCUT2D eigenvalue weighted by Crippen LogP contribution is 2.38. The molecular formula is C27H28Cl2N4O3S. The van der Waals surface area contributed by atoms with E-state index in [1.54, 1.807) is 6.20 Å². The summed E-state index contributed by atoms with van der Waals surface area (Å²) >= 11 is 12.2. The second-order valence-electron chi connectivity index (χ2n) is 9.54. The summed E-state index contributed by atoms with van der Waals surface area (Å²) in [4.78, 5) is 4.50. The number of benzene rings is 2. The van der Waals surface area contributed by atoms with Crippen molar-refractivity contribution in [3.05, 3.63) is 76.4 Å². The number of rotatable bonds is 9. The summed E-state index contributed by atoms with van der Waals surface area (Å²) in [7, 11) is -3.14. The summed E-state index contributed by atoms with van der Waals surface area (Å²) in [6, 6.07) is 18.0. The van der Waals surface area contributed by atoms with Gasteiger partial charge in [-0.25, -0.2) is 13.4 Å². The van der Waals surface area contributed by atoms with Gasteiger partial charge in [0.15, 0.2) is 5.75 Å². The molecule has 2 heterocycles. The Bertz CT molecular complexity index is 1410. The number of ether oxygens (including phenoxy) is 1. The molecule has 4 rings (SSSR count). The van der Waals surface area contributed by atoms with E-state index < -0.39 is 15.4 Å². The molecule has 1 aromatic heterocycles. The highest BCUT2D eigenvalue weighted by atomic mass is 35.5. The molecular weight excluding hydrogens is 531 g/mol. The van der Waals surface area contributed by atoms with Crippen LogP contribution < -0.4 is 10.1 Å². The first kappa shape index (κ1) is 27.2. The molecule has 0 amide bonds. The van der Waals surface area contributed by atoms with Gasteiger partial charge in [0, 0.05) is 30.3 Å². The second-order valence-corrected chi connectivity index (χ2v) is 12.3. The van der Waals surface area contributed by atoms with E-state index in [-0.39, 0.29) is 12.6 Å². The van der Waals surface area contributed by atoms with Gasteiger partial charge in [-0.15, -0.1) is 11.6 Å². The lowest BCUT2D eigenvalue weighted by atomic mass is 9.77. The van der Waals surface area contributed by atoms with Gasteiger partial charge in [0.2, 0.25) is 10.0 Å². The van der Waals surface area contributed by atoms with Crippen LogP contribution in [0.4, 0.5) is 5.82 Å². The van der Waals surface area contributed by atoms with Crippen LogP contribution >= 0.6 is 23.2 Å². The first-order chi connectivity index (χ1) is 17.5. The van der Waals surface area contributed by atoms with Gasteiger partial charge < -0.3 is 10.1 Å². The molecule has 10 heteroatoms. The van der Waals surface area contributed by atoms with Crippen molar-refractivity contribution < 1.29 is 13.2 Å². The van der Waals surface area contributed by atoms with Crippen LogP contribution in [0.3, 0.4) is 0 Å². The molecule has 0 bridgehead atoms. The number of alkyl halides is 1. The molecule has 1 N–H and O–H groups in total. The lowest BCUT2D eigenvalue weighted by Gasteiger charge is -2.37. The molecule has 1 saturated heterocycles. The lowest BCUT2D eigenvalue weighted by Crippen LogP contribution is -2.56. The average molecular weight is 560 g/mol. The molecule has 194 valence electrons. The largest absolute Gasteiger partial charge is 0.489 e. The van der Waals surface area contributed by atoms with E-state index in [4.69, 9.17) is 27.9 Å². The fourth-order valence-electron chi connectivity index (χ4n) is 4.23. The Kier molecular flexibility index (Phi) is 8.00. The van der Waals surface area contributed by atoms with E-state index in [0.717, 1.165) is 22.3 Å². The number of pyridine rings is 1. The Hall–Kier alpha value is -2.83. The van der Waals surface area contributed by atoms with E-state index in [9.17, 15) is 13.7 Å². The maximum Gasteiger partial charge on any atom is 0.211 e. The Morgan fingerprint density at radius 3 is 2.38 bits per heavy atom. The number of aromatic nitrogens is 1. The smallest absolute Gasteiger partial charge is 0.211 e. The first-order valence-corrected chi connectivity index (χ1v) is 14.5. The summed E-state index contributed by atoms with van der Waals surface area (Å²) in [5, 5.41) is 13.3. The summed E-state index contributed by atoms with van der Waals surface area (Å²) in [6.07, 6.45) is 3.02. The van der Waals surface area contributed by atoms with Crippen molar-refractivity contribution in [2.24, 2.45) is 0 Å². The minimum atomic E-state index is -3.14. The summed E-state index contributed by atoms with van der Waals surface area (Å²) in [5.41, 5.74) is 3.93. The zero-order valence-corrected chi connectivity index (χ0v) is 23.2. The molecule has 37 heavy (non-hydrogen) atoms. The molecule has 0 saturated carbocycles. The maximum atomic E-state index is 11.5. The minimum Gasteiger partial charge on any atom is -0.489 e. The summed E-state index contributed by atoms with van der Waals surface area (Å²) < 4.78 is 30.1. The molecule has 0 aliphatic carbocycles. The SMILES string of the molecule is CC(C)(c1ccc(-c2ccc(NC3CN(S(C)(=O)=O)C3)nc2)cc1)c1cc(Cl)c(OCCCl)c(C#N)c1. The van der Waals surface area contributed by atoms with Crippen molar-refractivity contribution >= 4 is 39.0 Å². The highest BCUT2D eigenvalue weighted by molar-refractivity contribution is 7.88. The van der Waals surface area contributed by atoms with Crippen molar-refractivity contribution in [3.63, 3.8) is 0 Å². The van der Waals surface area contributed by atoms with Crippen LogP contribution in [0.15, 0.2) is 54.7 Å². The fraction of sp³-hybridized carbons (Fsp3) is 0.333. The molecule has 0 radical (unpaired) electrons. The number of anilines is 1. The fourth-order valence-corrected chi connectivity index (χ4v) is 5.48. The number of sulfonamides is 1. The predicted molar refractivity (Wildman–Crippen MR) is 148 cm³/mol.